The van der Waals surface area contributed by atoms with Gasteiger partial charge in [0.15, 0.2) is 11.6 Å². The fourth-order valence-corrected chi connectivity index (χ4v) is 2.41. The van der Waals surface area contributed by atoms with Crippen LogP contribution in [0.4, 0.5) is 5.82 Å². The molecule has 1 saturated heterocycles. The van der Waals surface area contributed by atoms with Crippen LogP contribution in [0, 0.1) is 0 Å². The molecule has 1 aromatic heterocycles. The highest BCUT2D eigenvalue weighted by molar-refractivity contribution is 5.84. The van der Waals surface area contributed by atoms with E-state index in [2.05, 4.69) is 22.1 Å². The van der Waals surface area contributed by atoms with Crippen molar-refractivity contribution in [2.75, 3.05) is 18.0 Å². The lowest BCUT2D eigenvalue weighted by molar-refractivity contribution is -0.118. The first-order chi connectivity index (χ1) is 9.31. The lowest BCUT2D eigenvalue weighted by Gasteiger charge is -2.25. The van der Waals surface area contributed by atoms with Gasteiger partial charge in [-0.05, 0) is 12.0 Å². The molecule has 1 fully saturated rings. The number of nitrogens with zero attached hydrogens (tertiary/aromatic N) is 3. The number of hydrogen-bond acceptors (Lipinski definition) is 3. The van der Waals surface area contributed by atoms with Crippen LogP contribution in [-0.2, 0) is 11.3 Å². The van der Waals surface area contributed by atoms with Crippen LogP contribution in [0.1, 0.15) is 18.4 Å². The van der Waals surface area contributed by atoms with E-state index >= 15 is 0 Å². The van der Waals surface area contributed by atoms with E-state index in [4.69, 9.17) is 0 Å². The lowest BCUT2D eigenvalue weighted by Crippen LogP contribution is -2.35. The molecule has 0 aliphatic carbocycles. The van der Waals surface area contributed by atoms with Gasteiger partial charge in [0.05, 0.1) is 13.1 Å². The normalized spacial score (nSPS) is 15.8. The van der Waals surface area contributed by atoms with Gasteiger partial charge in [-0.25, -0.2) is 0 Å². The largest absolute Gasteiger partial charge is 0.348 e. The first-order valence-electron chi connectivity index (χ1n) is 6.65. The van der Waals surface area contributed by atoms with Gasteiger partial charge in [-0.2, -0.15) is 5.10 Å². The van der Waals surface area contributed by atoms with Crippen molar-refractivity contribution in [2.45, 2.75) is 19.4 Å². The summed E-state index contributed by atoms with van der Waals surface area (Å²) in [5.41, 5.74) is 1.23. The predicted octanol–water partition coefficient (Wildman–Crippen LogP) is 2.10. The molecule has 0 N–H and O–H groups in total. The smallest absolute Gasteiger partial charge is 0.152 e. The number of carbonyl (C=O) groups is 1. The van der Waals surface area contributed by atoms with Crippen molar-refractivity contribution in [3.8, 4) is 0 Å². The van der Waals surface area contributed by atoms with Crippen LogP contribution in [0.5, 0.6) is 0 Å². The zero-order valence-electron chi connectivity index (χ0n) is 10.8. The lowest BCUT2D eigenvalue weighted by atomic mass is 10.1. The summed E-state index contributed by atoms with van der Waals surface area (Å²) in [4.78, 5) is 13.5. The maximum Gasteiger partial charge on any atom is 0.152 e. The van der Waals surface area contributed by atoms with Gasteiger partial charge in [0.1, 0.15) is 0 Å². The Labute approximate surface area is 112 Å². The van der Waals surface area contributed by atoms with Crippen molar-refractivity contribution in [2.24, 2.45) is 0 Å². The van der Waals surface area contributed by atoms with Gasteiger partial charge < -0.3 is 4.90 Å². The van der Waals surface area contributed by atoms with Crippen LogP contribution < -0.4 is 4.90 Å². The molecule has 1 aromatic carbocycles. The van der Waals surface area contributed by atoms with Crippen LogP contribution in [0.25, 0.3) is 0 Å². The van der Waals surface area contributed by atoms with Crippen molar-refractivity contribution in [3.05, 3.63) is 48.2 Å². The summed E-state index contributed by atoms with van der Waals surface area (Å²) in [5, 5.41) is 4.55. The topological polar surface area (TPSA) is 38.1 Å². The highest BCUT2D eigenvalue weighted by Crippen LogP contribution is 2.16. The van der Waals surface area contributed by atoms with Gasteiger partial charge >= 0.3 is 0 Å². The Hall–Kier alpha value is -2.10. The molecule has 0 atom stereocenters. The van der Waals surface area contributed by atoms with E-state index in [1.807, 2.05) is 35.1 Å². The molecule has 1 aliphatic heterocycles. The Morgan fingerprint density at radius 2 is 2.00 bits per heavy atom. The fraction of sp³-hybridized carbons (Fsp3) is 0.333. The monoisotopic (exact) mass is 255 g/mol. The summed E-state index contributed by atoms with van der Waals surface area (Å²) in [6, 6.07) is 12.2. The summed E-state index contributed by atoms with van der Waals surface area (Å²) in [7, 11) is 0. The molecule has 1 aliphatic rings. The SMILES string of the molecule is O=C1CCCN(c2ccn(Cc3ccccc3)n2)C1. The van der Waals surface area contributed by atoms with E-state index in [1.54, 1.807) is 0 Å². The zero-order valence-corrected chi connectivity index (χ0v) is 10.8. The molecule has 0 spiro atoms. The molecule has 0 saturated carbocycles. The van der Waals surface area contributed by atoms with Crippen molar-refractivity contribution in [1.82, 2.24) is 9.78 Å². The molecule has 4 heteroatoms. The van der Waals surface area contributed by atoms with E-state index < -0.39 is 0 Å². The van der Waals surface area contributed by atoms with E-state index in [9.17, 15) is 4.79 Å². The van der Waals surface area contributed by atoms with Gasteiger partial charge in [0.2, 0.25) is 0 Å². The molecule has 19 heavy (non-hydrogen) atoms. The quantitative estimate of drug-likeness (QED) is 0.843. The molecule has 4 nitrogen and oxygen atoms in total. The zero-order chi connectivity index (χ0) is 13.1. The first kappa shape index (κ1) is 12.0. The van der Waals surface area contributed by atoms with E-state index in [0.717, 1.165) is 25.3 Å². The van der Waals surface area contributed by atoms with Crippen LogP contribution in [0.15, 0.2) is 42.6 Å². The molecule has 3 rings (SSSR count). The van der Waals surface area contributed by atoms with Crippen LogP contribution in [0.3, 0.4) is 0 Å². The molecule has 2 aromatic rings. The second-order valence-electron chi connectivity index (χ2n) is 4.92. The third-order valence-electron chi connectivity index (χ3n) is 3.39. The third-order valence-corrected chi connectivity index (χ3v) is 3.39. The van der Waals surface area contributed by atoms with Crippen LogP contribution >= 0.6 is 0 Å². The molecule has 98 valence electrons. The second-order valence-corrected chi connectivity index (χ2v) is 4.92. The number of carbonyl (C=O) groups excluding carboxylic acids is 1. The van der Waals surface area contributed by atoms with E-state index in [0.29, 0.717) is 18.7 Å². The summed E-state index contributed by atoms with van der Waals surface area (Å²) in [6.07, 6.45) is 3.62. The number of ketones is 1. The maximum atomic E-state index is 11.5. The second kappa shape index (κ2) is 5.26. The predicted molar refractivity (Wildman–Crippen MR) is 74.2 cm³/mol. The molecule has 0 radical (unpaired) electrons. The molecule has 0 amide bonds. The minimum absolute atomic E-state index is 0.309. The molecular formula is C15H17N3O. The van der Waals surface area contributed by atoms with Gasteiger partial charge in [0, 0.05) is 25.2 Å². The van der Waals surface area contributed by atoms with Gasteiger partial charge in [-0.3, -0.25) is 9.48 Å². The maximum absolute atomic E-state index is 11.5. The number of aromatic nitrogens is 2. The van der Waals surface area contributed by atoms with E-state index in [-0.39, 0.29) is 0 Å². The Kier molecular flexibility index (Phi) is 3.31. The summed E-state index contributed by atoms with van der Waals surface area (Å²) in [6.45, 7) is 2.19. The number of Topliss-reactive ketones (excluding diaryl/α,β-unsaturated/α-hetero) is 1. The Bertz CT molecular complexity index is 562. The minimum atomic E-state index is 0.309. The van der Waals surface area contributed by atoms with Gasteiger partial charge in [-0.1, -0.05) is 30.3 Å². The molecular weight excluding hydrogens is 238 g/mol. The van der Waals surface area contributed by atoms with E-state index in [1.165, 1.54) is 5.56 Å². The minimum Gasteiger partial charge on any atom is -0.348 e. The number of benzene rings is 1. The number of anilines is 1. The summed E-state index contributed by atoms with van der Waals surface area (Å²) < 4.78 is 1.92. The Morgan fingerprint density at radius 3 is 2.79 bits per heavy atom. The Morgan fingerprint density at radius 1 is 1.16 bits per heavy atom. The van der Waals surface area contributed by atoms with Crippen LogP contribution in [0.2, 0.25) is 0 Å². The third kappa shape index (κ3) is 2.84. The van der Waals surface area contributed by atoms with Crippen molar-refractivity contribution in [1.29, 1.82) is 0 Å². The molecule has 2 heterocycles. The summed E-state index contributed by atoms with van der Waals surface area (Å²) in [5.74, 6) is 1.22. The van der Waals surface area contributed by atoms with Crippen molar-refractivity contribution >= 4 is 11.6 Å². The highest BCUT2D eigenvalue weighted by atomic mass is 16.1. The van der Waals surface area contributed by atoms with Crippen molar-refractivity contribution in [3.63, 3.8) is 0 Å². The van der Waals surface area contributed by atoms with Gasteiger partial charge in [0.25, 0.3) is 0 Å². The molecule has 0 bridgehead atoms. The number of rotatable bonds is 3. The Balaban J connectivity index is 1.71. The van der Waals surface area contributed by atoms with Crippen molar-refractivity contribution < 1.29 is 4.79 Å². The van der Waals surface area contributed by atoms with Gasteiger partial charge in [-0.15, -0.1) is 0 Å². The molecule has 0 unspecified atom stereocenters. The average Bonchev–Trinajstić information content (AvgIpc) is 2.88. The highest BCUT2D eigenvalue weighted by Gasteiger charge is 2.18. The number of hydrogen-bond donors (Lipinski definition) is 0. The van der Waals surface area contributed by atoms with Crippen LogP contribution in [-0.4, -0.2) is 28.7 Å². The summed E-state index contributed by atoms with van der Waals surface area (Å²) >= 11 is 0. The average molecular weight is 255 g/mol. The standard InChI is InChI=1S/C15H17N3O/c19-14-7-4-9-17(12-14)15-8-10-18(16-15)11-13-5-2-1-3-6-13/h1-3,5-6,8,10H,4,7,9,11-12H2. The first-order valence-corrected chi connectivity index (χ1v) is 6.65. The fourth-order valence-electron chi connectivity index (χ4n) is 2.41. The number of piperidine rings is 1.